The van der Waals surface area contributed by atoms with Gasteiger partial charge in [0, 0.05) is 11.8 Å². The molecule has 0 aliphatic heterocycles. The maximum absolute atomic E-state index is 4.16. The van der Waals surface area contributed by atoms with Gasteiger partial charge in [-0.05, 0) is 33.2 Å². The molecule has 0 aromatic carbocycles. The minimum atomic E-state index is 0.786. The van der Waals surface area contributed by atoms with Gasteiger partial charge in [-0.3, -0.25) is 9.88 Å². The summed E-state index contributed by atoms with van der Waals surface area (Å²) in [5.74, 6) is 6.17. The second kappa shape index (κ2) is 4.64. The van der Waals surface area contributed by atoms with E-state index in [2.05, 4.69) is 16.8 Å². The quantitative estimate of drug-likeness (QED) is 0.597. The summed E-state index contributed by atoms with van der Waals surface area (Å²) in [5.41, 5.74) is 2.01. The third-order valence-electron chi connectivity index (χ3n) is 1.63. The van der Waals surface area contributed by atoms with Gasteiger partial charge in [-0.15, -0.1) is 0 Å². The molecule has 0 spiro atoms. The van der Waals surface area contributed by atoms with Gasteiger partial charge in [0.25, 0.3) is 0 Å². The molecule has 0 atom stereocenters. The standard InChI is InChI=1S/C11H14N2/c1-10-11(6-4-8-12-10)7-5-9-13(2)3/h4,6,8H,9H2,1-3H3. The minimum Gasteiger partial charge on any atom is -0.299 e. The Morgan fingerprint density at radius 1 is 1.46 bits per heavy atom. The first-order valence-corrected chi connectivity index (χ1v) is 4.25. The van der Waals surface area contributed by atoms with Gasteiger partial charge in [-0.1, -0.05) is 11.8 Å². The summed E-state index contributed by atoms with van der Waals surface area (Å²) in [6.07, 6.45) is 1.78. The monoisotopic (exact) mass is 174 g/mol. The van der Waals surface area contributed by atoms with Crippen LogP contribution in [0.25, 0.3) is 0 Å². The van der Waals surface area contributed by atoms with Gasteiger partial charge >= 0.3 is 0 Å². The molecule has 1 rings (SSSR count). The highest BCUT2D eigenvalue weighted by atomic mass is 15.0. The Morgan fingerprint density at radius 3 is 2.85 bits per heavy atom. The molecule has 0 N–H and O–H groups in total. The van der Waals surface area contributed by atoms with Gasteiger partial charge in [0.05, 0.1) is 12.2 Å². The summed E-state index contributed by atoms with van der Waals surface area (Å²) in [5, 5.41) is 0. The summed E-state index contributed by atoms with van der Waals surface area (Å²) in [4.78, 5) is 6.20. The Hall–Kier alpha value is -1.33. The van der Waals surface area contributed by atoms with E-state index >= 15 is 0 Å². The molecule has 0 amide bonds. The Balaban J connectivity index is 2.72. The van der Waals surface area contributed by atoms with Crippen molar-refractivity contribution in [3.63, 3.8) is 0 Å². The zero-order valence-corrected chi connectivity index (χ0v) is 8.33. The molecule has 0 aliphatic carbocycles. The van der Waals surface area contributed by atoms with Crippen LogP contribution in [0.15, 0.2) is 18.3 Å². The van der Waals surface area contributed by atoms with Gasteiger partial charge in [0.2, 0.25) is 0 Å². The first-order chi connectivity index (χ1) is 6.20. The lowest BCUT2D eigenvalue weighted by Gasteiger charge is -2.01. The van der Waals surface area contributed by atoms with Crippen LogP contribution in [0.2, 0.25) is 0 Å². The lowest BCUT2D eigenvalue weighted by molar-refractivity contribution is 0.464. The second-order valence-electron chi connectivity index (χ2n) is 3.18. The molecule has 1 heterocycles. The van der Waals surface area contributed by atoms with Crippen molar-refractivity contribution in [2.24, 2.45) is 0 Å². The number of pyridine rings is 1. The largest absolute Gasteiger partial charge is 0.299 e. The van der Waals surface area contributed by atoms with Gasteiger partial charge in [-0.2, -0.15) is 0 Å². The normalized spacial score (nSPS) is 9.54. The first kappa shape index (κ1) is 9.76. The number of hydrogen-bond donors (Lipinski definition) is 0. The summed E-state index contributed by atoms with van der Waals surface area (Å²) >= 11 is 0. The predicted octanol–water partition coefficient (Wildman–Crippen LogP) is 1.30. The summed E-state index contributed by atoms with van der Waals surface area (Å²) < 4.78 is 0. The van der Waals surface area contributed by atoms with Gasteiger partial charge < -0.3 is 0 Å². The van der Waals surface area contributed by atoms with E-state index < -0.39 is 0 Å². The van der Waals surface area contributed by atoms with Crippen LogP contribution in [0.5, 0.6) is 0 Å². The van der Waals surface area contributed by atoms with Crippen LogP contribution < -0.4 is 0 Å². The average molecular weight is 174 g/mol. The van der Waals surface area contributed by atoms with Crippen molar-refractivity contribution in [3.05, 3.63) is 29.6 Å². The molecule has 0 saturated heterocycles. The predicted molar refractivity (Wildman–Crippen MR) is 54.4 cm³/mol. The highest BCUT2D eigenvalue weighted by Gasteiger charge is 1.91. The molecule has 0 fully saturated rings. The smallest absolute Gasteiger partial charge is 0.0600 e. The van der Waals surface area contributed by atoms with Gasteiger partial charge in [0.15, 0.2) is 0 Å². The van der Waals surface area contributed by atoms with Crippen molar-refractivity contribution in [1.29, 1.82) is 0 Å². The average Bonchev–Trinajstić information content (AvgIpc) is 2.08. The summed E-state index contributed by atoms with van der Waals surface area (Å²) in [6, 6.07) is 3.90. The van der Waals surface area contributed by atoms with E-state index in [0.29, 0.717) is 0 Å². The van der Waals surface area contributed by atoms with Crippen LogP contribution in [0, 0.1) is 18.8 Å². The van der Waals surface area contributed by atoms with Crippen molar-refractivity contribution in [2.75, 3.05) is 20.6 Å². The van der Waals surface area contributed by atoms with Crippen LogP contribution >= 0.6 is 0 Å². The van der Waals surface area contributed by atoms with E-state index in [9.17, 15) is 0 Å². The lowest BCUT2D eigenvalue weighted by Crippen LogP contribution is -2.10. The van der Waals surface area contributed by atoms with Crippen molar-refractivity contribution >= 4 is 0 Å². The lowest BCUT2D eigenvalue weighted by atomic mass is 10.2. The number of nitrogens with zero attached hydrogens (tertiary/aromatic N) is 2. The Labute approximate surface area is 79.6 Å². The Kier molecular flexibility index (Phi) is 3.48. The third kappa shape index (κ3) is 3.27. The first-order valence-electron chi connectivity index (χ1n) is 4.25. The molecule has 0 saturated carbocycles. The number of rotatable bonds is 1. The number of aryl methyl sites for hydroxylation is 1. The molecule has 68 valence electrons. The molecule has 1 aromatic heterocycles. The molecule has 0 aliphatic rings. The molecule has 0 bridgehead atoms. The van der Waals surface area contributed by atoms with E-state index in [1.165, 1.54) is 0 Å². The van der Waals surface area contributed by atoms with Crippen molar-refractivity contribution in [3.8, 4) is 11.8 Å². The Bertz CT molecular complexity index is 331. The Morgan fingerprint density at radius 2 is 2.23 bits per heavy atom. The minimum absolute atomic E-state index is 0.786. The highest BCUT2D eigenvalue weighted by Crippen LogP contribution is 2.00. The van der Waals surface area contributed by atoms with Crippen LogP contribution in [-0.2, 0) is 0 Å². The molecular formula is C11H14N2. The van der Waals surface area contributed by atoms with Crippen molar-refractivity contribution < 1.29 is 0 Å². The molecular weight excluding hydrogens is 160 g/mol. The van der Waals surface area contributed by atoms with Crippen LogP contribution in [0.1, 0.15) is 11.3 Å². The van der Waals surface area contributed by atoms with Gasteiger partial charge in [-0.25, -0.2) is 0 Å². The van der Waals surface area contributed by atoms with E-state index in [1.54, 1.807) is 6.20 Å². The molecule has 13 heavy (non-hydrogen) atoms. The molecule has 2 heteroatoms. The zero-order valence-electron chi connectivity index (χ0n) is 8.33. The molecule has 0 radical (unpaired) electrons. The van der Waals surface area contributed by atoms with E-state index in [1.807, 2.05) is 38.1 Å². The topological polar surface area (TPSA) is 16.1 Å². The SMILES string of the molecule is Cc1ncccc1C#CCN(C)C. The number of hydrogen-bond acceptors (Lipinski definition) is 2. The highest BCUT2D eigenvalue weighted by molar-refractivity contribution is 5.36. The van der Waals surface area contributed by atoms with Crippen LogP contribution in [0.4, 0.5) is 0 Å². The maximum atomic E-state index is 4.16. The van der Waals surface area contributed by atoms with Crippen molar-refractivity contribution in [1.82, 2.24) is 9.88 Å². The fourth-order valence-electron chi connectivity index (χ4n) is 0.909. The maximum Gasteiger partial charge on any atom is 0.0600 e. The summed E-state index contributed by atoms with van der Waals surface area (Å²) in [7, 11) is 4.01. The van der Waals surface area contributed by atoms with E-state index in [-0.39, 0.29) is 0 Å². The van der Waals surface area contributed by atoms with Gasteiger partial charge in [0.1, 0.15) is 0 Å². The number of aromatic nitrogens is 1. The summed E-state index contributed by atoms with van der Waals surface area (Å²) in [6.45, 7) is 2.76. The molecule has 0 unspecified atom stereocenters. The molecule has 2 nitrogen and oxygen atoms in total. The fraction of sp³-hybridized carbons (Fsp3) is 0.364. The van der Waals surface area contributed by atoms with E-state index in [0.717, 1.165) is 17.8 Å². The third-order valence-corrected chi connectivity index (χ3v) is 1.63. The zero-order chi connectivity index (χ0) is 9.68. The molecule has 1 aromatic rings. The second-order valence-corrected chi connectivity index (χ2v) is 3.18. The van der Waals surface area contributed by atoms with Crippen LogP contribution in [-0.4, -0.2) is 30.5 Å². The van der Waals surface area contributed by atoms with Crippen molar-refractivity contribution in [2.45, 2.75) is 6.92 Å². The fourth-order valence-corrected chi connectivity index (χ4v) is 0.909. The van der Waals surface area contributed by atoms with E-state index in [4.69, 9.17) is 0 Å². The van der Waals surface area contributed by atoms with Crippen LogP contribution in [0.3, 0.4) is 0 Å².